The smallest absolute Gasteiger partial charge is 0.243 e. The first-order valence-corrected chi connectivity index (χ1v) is 2.30. The Morgan fingerprint density at radius 1 is 2.00 bits per heavy atom. The zero-order valence-corrected chi connectivity index (χ0v) is 5.00. The molecule has 0 heterocycles. The largest absolute Gasteiger partial charge is 0.372 e. The summed E-state index contributed by atoms with van der Waals surface area (Å²) < 4.78 is 0. The second-order valence-corrected chi connectivity index (χ2v) is 1.91. The molecular formula is C5H7NO3. The minimum absolute atomic E-state index is 0.608. The van der Waals surface area contributed by atoms with Gasteiger partial charge in [-0.05, 0) is 6.92 Å². The summed E-state index contributed by atoms with van der Waals surface area (Å²) in [6, 6.07) is 0. The predicted molar refractivity (Wildman–Crippen MR) is 31.3 cm³/mol. The fourth-order valence-electron chi connectivity index (χ4n) is 0.297. The first-order chi connectivity index (χ1) is 3.98. The van der Waals surface area contributed by atoms with Crippen molar-refractivity contribution in [2.45, 2.75) is 12.5 Å². The summed E-state index contributed by atoms with van der Waals surface area (Å²) in [5.74, 6) is 1.89. The Bertz CT molecular complexity index is 156. The molecule has 0 radical (unpaired) electrons. The molecule has 0 fully saturated rings. The van der Waals surface area contributed by atoms with E-state index in [1.54, 1.807) is 0 Å². The average Bonchev–Trinajstić information content (AvgIpc) is 1.63. The number of hydrogen-bond donors (Lipinski definition) is 1. The Labute approximate surface area is 52.6 Å². The van der Waals surface area contributed by atoms with E-state index in [1.807, 2.05) is 5.92 Å². The Balaban J connectivity index is 3.91. The van der Waals surface area contributed by atoms with Gasteiger partial charge in [-0.15, -0.1) is 6.42 Å². The number of hydrogen-bond acceptors (Lipinski definition) is 3. The minimum atomic E-state index is -1.61. The fourth-order valence-corrected chi connectivity index (χ4v) is 0.297. The van der Waals surface area contributed by atoms with Crippen LogP contribution in [0.1, 0.15) is 6.92 Å². The highest BCUT2D eigenvalue weighted by Gasteiger charge is 2.23. The van der Waals surface area contributed by atoms with Gasteiger partial charge in [-0.2, -0.15) is 0 Å². The zero-order chi connectivity index (χ0) is 7.49. The summed E-state index contributed by atoms with van der Waals surface area (Å²) in [5.41, 5.74) is -1.61. The molecule has 0 bridgehead atoms. The molecule has 1 N–H and O–H groups in total. The van der Waals surface area contributed by atoms with Crippen LogP contribution in [-0.2, 0) is 0 Å². The molecule has 4 nitrogen and oxygen atoms in total. The predicted octanol–water partition coefficient (Wildman–Crippen LogP) is -0.353. The van der Waals surface area contributed by atoms with Crippen molar-refractivity contribution in [3.63, 3.8) is 0 Å². The van der Waals surface area contributed by atoms with Crippen LogP contribution in [0.15, 0.2) is 0 Å². The van der Waals surface area contributed by atoms with Crippen molar-refractivity contribution in [3.8, 4) is 12.3 Å². The van der Waals surface area contributed by atoms with Crippen molar-refractivity contribution in [3.05, 3.63) is 10.1 Å². The highest BCUT2D eigenvalue weighted by atomic mass is 16.6. The van der Waals surface area contributed by atoms with E-state index in [0.717, 1.165) is 0 Å². The molecular weight excluding hydrogens is 122 g/mol. The van der Waals surface area contributed by atoms with Crippen molar-refractivity contribution < 1.29 is 10.0 Å². The van der Waals surface area contributed by atoms with Gasteiger partial charge < -0.3 is 5.11 Å². The third-order valence-corrected chi connectivity index (χ3v) is 0.748. The molecule has 0 aromatic rings. The molecule has 0 aliphatic heterocycles. The summed E-state index contributed by atoms with van der Waals surface area (Å²) in [7, 11) is 0. The first-order valence-electron chi connectivity index (χ1n) is 2.30. The van der Waals surface area contributed by atoms with Crippen LogP contribution in [0.2, 0.25) is 0 Å². The van der Waals surface area contributed by atoms with Crippen molar-refractivity contribution in [2.75, 3.05) is 6.54 Å². The van der Waals surface area contributed by atoms with Crippen molar-refractivity contribution in [1.29, 1.82) is 0 Å². The third kappa shape index (κ3) is 3.50. The number of terminal acetylenes is 1. The SMILES string of the molecule is C#CC(C)(O)C[N+](=O)[O-]. The van der Waals surface area contributed by atoms with Gasteiger partial charge >= 0.3 is 0 Å². The van der Waals surface area contributed by atoms with Gasteiger partial charge in [-0.3, -0.25) is 10.1 Å². The molecule has 0 spiro atoms. The molecule has 50 valence electrons. The molecule has 0 saturated carbocycles. The number of aliphatic hydroxyl groups is 1. The lowest BCUT2D eigenvalue weighted by Gasteiger charge is -2.08. The van der Waals surface area contributed by atoms with E-state index in [0.29, 0.717) is 0 Å². The fraction of sp³-hybridized carbons (Fsp3) is 0.600. The maximum Gasteiger partial charge on any atom is 0.243 e. The number of nitrogens with zero attached hydrogens (tertiary/aromatic N) is 1. The van der Waals surface area contributed by atoms with Gasteiger partial charge in [0, 0.05) is 4.92 Å². The van der Waals surface area contributed by atoms with Gasteiger partial charge in [0.05, 0.1) is 0 Å². The highest BCUT2D eigenvalue weighted by Crippen LogP contribution is 1.98. The Morgan fingerprint density at radius 2 is 2.44 bits per heavy atom. The quantitative estimate of drug-likeness (QED) is 0.315. The van der Waals surface area contributed by atoms with Crippen LogP contribution in [0.5, 0.6) is 0 Å². The van der Waals surface area contributed by atoms with E-state index in [1.165, 1.54) is 6.92 Å². The second-order valence-electron chi connectivity index (χ2n) is 1.91. The summed E-state index contributed by atoms with van der Waals surface area (Å²) in [4.78, 5) is 9.07. The topological polar surface area (TPSA) is 63.4 Å². The maximum absolute atomic E-state index is 9.72. The minimum Gasteiger partial charge on any atom is -0.372 e. The number of nitro groups is 1. The lowest BCUT2D eigenvalue weighted by molar-refractivity contribution is -0.495. The zero-order valence-electron chi connectivity index (χ0n) is 5.00. The summed E-state index contributed by atoms with van der Waals surface area (Å²) in [6.07, 6.45) is 4.75. The van der Waals surface area contributed by atoms with Crippen LogP contribution in [0.3, 0.4) is 0 Å². The van der Waals surface area contributed by atoms with Crippen LogP contribution in [0.25, 0.3) is 0 Å². The van der Waals surface area contributed by atoms with Crippen LogP contribution >= 0.6 is 0 Å². The molecule has 0 saturated heterocycles. The molecule has 0 aromatic heterocycles. The Kier molecular flexibility index (Phi) is 2.17. The third-order valence-electron chi connectivity index (χ3n) is 0.748. The first kappa shape index (κ1) is 7.92. The van der Waals surface area contributed by atoms with Gasteiger partial charge in [0.1, 0.15) is 0 Å². The Morgan fingerprint density at radius 3 is 2.56 bits per heavy atom. The van der Waals surface area contributed by atoms with Gasteiger partial charge in [0.25, 0.3) is 0 Å². The van der Waals surface area contributed by atoms with Crippen LogP contribution < -0.4 is 0 Å². The lowest BCUT2D eigenvalue weighted by Crippen LogP contribution is -2.31. The molecule has 9 heavy (non-hydrogen) atoms. The summed E-state index contributed by atoms with van der Waals surface area (Å²) in [5, 5.41) is 18.5. The Hall–Kier alpha value is -1.08. The van der Waals surface area contributed by atoms with Gasteiger partial charge in [-0.25, -0.2) is 0 Å². The van der Waals surface area contributed by atoms with E-state index >= 15 is 0 Å². The normalized spacial score (nSPS) is 15.7. The van der Waals surface area contributed by atoms with Gasteiger partial charge in [0.15, 0.2) is 5.60 Å². The summed E-state index contributed by atoms with van der Waals surface area (Å²) in [6.45, 7) is 0.610. The molecule has 4 heteroatoms. The van der Waals surface area contributed by atoms with Gasteiger partial charge in [0.2, 0.25) is 6.54 Å². The van der Waals surface area contributed by atoms with E-state index in [-0.39, 0.29) is 0 Å². The highest BCUT2D eigenvalue weighted by molar-refractivity contribution is 5.03. The average molecular weight is 129 g/mol. The van der Waals surface area contributed by atoms with Crippen molar-refractivity contribution >= 4 is 0 Å². The molecule has 0 amide bonds. The van der Waals surface area contributed by atoms with E-state index in [4.69, 9.17) is 11.5 Å². The molecule has 0 rings (SSSR count). The van der Waals surface area contributed by atoms with Crippen molar-refractivity contribution in [1.82, 2.24) is 0 Å². The maximum atomic E-state index is 9.72. The molecule has 0 aliphatic rings. The number of rotatable bonds is 2. The van der Waals surface area contributed by atoms with Gasteiger partial charge in [-0.1, -0.05) is 5.92 Å². The standard InChI is InChI=1S/C5H7NO3/c1-3-5(2,7)4-6(8)9/h1,7H,4H2,2H3. The van der Waals surface area contributed by atoms with Crippen LogP contribution in [-0.4, -0.2) is 22.2 Å². The molecule has 0 aliphatic carbocycles. The molecule has 0 aromatic carbocycles. The van der Waals surface area contributed by atoms with Crippen LogP contribution in [0.4, 0.5) is 0 Å². The van der Waals surface area contributed by atoms with E-state index < -0.39 is 17.1 Å². The lowest BCUT2D eigenvalue weighted by atomic mass is 10.1. The molecule has 1 atom stereocenters. The van der Waals surface area contributed by atoms with E-state index in [2.05, 4.69) is 0 Å². The van der Waals surface area contributed by atoms with Crippen molar-refractivity contribution in [2.24, 2.45) is 0 Å². The second kappa shape index (κ2) is 2.46. The van der Waals surface area contributed by atoms with E-state index in [9.17, 15) is 10.1 Å². The monoisotopic (exact) mass is 129 g/mol. The summed E-state index contributed by atoms with van der Waals surface area (Å²) >= 11 is 0. The van der Waals surface area contributed by atoms with Crippen LogP contribution in [0, 0.1) is 22.5 Å². The molecule has 1 unspecified atom stereocenters.